The third kappa shape index (κ3) is 3.50. The van der Waals surface area contributed by atoms with E-state index in [2.05, 4.69) is 15.6 Å². The van der Waals surface area contributed by atoms with Gasteiger partial charge in [0.1, 0.15) is 12.3 Å². The van der Waals surface area contributed by atoms with Gasteiger partial charge in [-0.05, 0) is 12.1 Å². The Morgan fingerprint density at radius 1 is 1.04 bits per heavy atom. The topological polar surface area (TPSA) is 112 Å². The van der Waals surface area contributed by atoms with Crippen LogP contribution in [-0.4, -0.2) is 33.6 Å². The van der Waals surface area contributed by atoms with E-state index in [1.165, 1.54) is 6.07 Å². The second-order valence-corrected chi connectivity index (χ2v) is 5.29. The number of nitrogens with one attached hydrogen (secondary N) is 2. The molecule has 0 atom stereocenters. The first-order chi connectivity index (χ1) is 12.1. The predicted octanol–water partition coefficient (Wildman–Crippen LogP) is 2.50. The molecule has 0 aliphatic heterocycles. The van der Waals surface area contributed by atoms with E-state index in [0.717, 1.165) is 10.8 Å². The molecule has 0 radical (unpaired) electrons. The number of nitrogens with zero attached hydrogens (tertiary/aromatic N) is 1. The lowest BCUT2D eigenvalue weighted by atomic mass is 10.1. The molecule has 1 aromatic heterocycles. The number of para-hydroxylation sites is 2. The predicted molar refractivity (Wildman–Crippen MR) is 93.1 cm³/mol. The summed E-state index contributed by atoms with van der Waals surface area (Å²) in [6.45, 7) is -0.511. The number of aliphatic carboxylic acids is 1. The van der Waals surface area contributed by atoms with Gasteiger partial charge in [-0.15, -0.1) is 0 Å². The minimum absolute atomic E-state index is 0.0207. The largest absolute Gasteiger partial charge is 0.506 e. The summed E-state index contributed by atoms with van der Waals surface area (Å²) < 4.78 is 0. The van der Waals surface area contributed by atoms with Gasteiger partial charge in [0.2, 0.25) is 0 Å². The SMILES string of the molecule is O=C(O)CNC(=O)c1ncc2ccccc2c1Nc1ccccc1O. The Hall–Kier alpha value is -3.61. The molecule has 0 aliphatic carbocycles. The highest BCUT2D eigenvalue weighted by atomic mass is 16.4. The second kappa shape index (κ2) is 6.88. The average Bonchev–Trinajstić information content (AvgIpc) is 2.61. The molecule has 1 amide bonds. The average molecular weight is 337 g/mol. The van der Waals surface area contributed by atoms with Gasteiger partial charge in [0, 0.05) is 17.0 Å². The van der Waals surface area contributed by atoms with Gasteiger partial charge in [-0.2, -0.15) is 0 Å². The van der Waals surface area contributed by atoms with Gasteiger partial charge in [0.15, 0.2) is 5.69 Å². The number of benzene rings is 2. The number of carboxylic acid groups (broad SMARTS) is 1. The number of phenolic OH excluding ortho intramolecular Hbond substituents is 1. The fourth-order valence-corrected chi connectivity index (χ4v) is 2.42. The third-order valence-corrected chi connectivity index (χ3v) is 3.58. The molecule has 0 saturated carbocycles. The van der Waals surface area contributed by atoms with Crippen molar-refractivity contribution in [1.29, 1.82) is 0 Å². The number of carboxylic acids is 1. The molecule has 0 unspecified atom stereocenters. The lowest BCUT2D eigenvalue weighted by Crippen LogP contribution is -2.30. The van der Waals surface area contributed by atoms with Crippen molar-refractivity contribution in [3.8, 4) is 5.75 Å². The molecule has 4 N–H and O–H groups in total. The molecule has 3 aromatic rings. The van der Waals surface area contributed by atoms with E-state index in [9.17, 15) is 14.7 Å². The number of hydrogen-bond acceptors (Lipinski definition) is 5. The number of hydrogen-bond donors (Lipinski definition) is 4. The van der Waals surface area contributed by atoms with Crippen LogP contribution in [0.3, 0.4) is 0 Å². The first-order valence-corrected chi connectivity index (χ1v) is 7.49. The van der Waals surface area contributed by atoms with Crippen molar-refractivity contribution in [2.75, 3.05) is 11.9 Å². The molecule has 1 heterocycles. The van der Waals surface area contributed by atoms with Crippen molar-refractivity contribution >= 4 is 34.0 Å². The highest BCUT2D eigenvalue weighted by Crippen LogP contribution is 2.32. The quantitative estimate of drug-likeness (QED) is 0.532. The zero-order valence-electron chi connectivity index (χ0n) is 13.1. The number of aromatic hydroxyl groups is 1. The van der Waals surface area contributed by atoms with Crippen LogP contribution in [0.15, 0.2) is 54.7 Å². The zero-order valence-corrected chi connectivity index (χ0v) is 13.1. The number of carbonyl (C=O) groups is 2. The Morgan fingerprint density at radius 3 is 2.52 bits per heavy atom. The Morgan fingerprint density at radius 2 is 1.76 bits per heavy atom. The van der Waals surface area contributed by atoms with Crippen LogP contribution in [0, 0.1) is 0 Å². The van der Waals surface area contributed by atoms with Crippen LogP contribution in [0.25, 0.3) is 10.8 Å². The minimum Gasteiger partial charge on any atom is -0.506 e. The molecule has 2 aromatic carbocycles. The fourth-order valence-electron chi connectivity index (χ4n) is 2.42. The van der Waals surface area contributed by atoms with Crippen LogP contribution in [0.5, 0.6) is 5.75 Å². The molecule has 0 fully saturated rings. The smallest absolute Gasteiger partial charge is 0.322 e. The minimum atomic E-state index is -1.15. The van der Waals surface area contributed by atoms with E-state index in [4.69, 9.17) is 5.11 Å². The number of pyridine rings is 1. The lowest BCUT2D eigenvalue weighted by molar-refractivity contribution is -0.135. The van der Waals surface area contributed by atoms with E-state index in [0.29, 0.717) is 11.4 Å². The Labute approximate surface area is 142 Å². The van der Waals surface area contributed by atoms with Gasteiger partial charge in [-0.25, -0.2) is 4.98 Å². The van der Waals surface area contributed by atoms with Crippen LogP contribution < -0.4 is 10.6 Å². The van der Waals surface area contributed by atoms with Gasteiger partial charge in [-0.1, -0.05) is 36.4 Å². The number of rotatable bonds is 5. The summed E-state index contributed by atoms with van der Waals surface area (Å²) in [6.07, 6.45) is 1.54. The van der Waals surface area contributed by atoms with Crippen LogP contribution in [-0.2, 0) is 4.79 Å². The molecule has 25 heavy (non-hydrogen) atoms. The van der Waals surface area contributed by atoms with Gasteiger partial charge in [0.05, 0.1) is 11.4 Å². The molecular weight excluding hydrogens is 322 g/mol. The number of amides is 1. The third-order valence-electron chi connectivity index (χ3n) is 3.58. The normalized spacial score (nSPS) is 10.4. The summed E-state index contributed by atoms with van der Waals surface area (Å²) in [7, 11) is 0. The Bertz CT molecular complexity index is 956. The monoisotopic (exact) mass is 337 g/mol. The highest BCUT2D eigenvalue weighted by molar-refractivity contribution is 6.08. The van der Waals surface area contributed by atoms with Crippen molar-refractivity contribution in [2.24, 2.45) is 0 Å². The van der Waals surface area contributed by atoms with Crippen LogP contribution in [0.2, 0.25) is 0 Å². The first-order valence-electron chi connectivity index (χ1n) is 7.49. The maximum atomic E-state index is 12.3. The molecule has 3 rings (SSSR count). The molecular formula is C18H15N3O4. The summed E-state index contributed by atoms with van der Waals surface area (Å²) in [6, 6.07) is 13.9. The Kier molecular flexibility index (Phi) is 4.47. The molecule has 7 heteroatoms. The van der Waals surface area contributed by atoms with Crippen molar-refractivity contribution in [3.63, 3.8) is 0 Å². The maximum absolute atomic E-state index is 12.3. The summed E-state index contributed by atoms with van der Waals surface area (Å²) in [5.74, 6) is -1.75. The van der Waals surface area contributed by atoms with Crippen molar-refractivity contribution in [2.45, 2.75) is 0 Å². The van der Waals surface area contributed by atoms with Gasteiger partial charge >= 0.3 is 5.97 Å². The standard InChI is InChI=1S/C18H15N3O4/c22-14-8-4-3-7-13(14)21-16-12-6-2-1-5-11(12)9-19-17(16)18(25)20-10-15(23)24/h1-9,21-22H,10H2,(H,20,25)(H,23,24). The lowest BCUT2D eigenvalue weighted by Gasteiger charge is -2.15. The molecule has 0 saturated heterocycles. The van der Waals surface area contributed by atoms with E-state index in [1.54, 1.807) is 24.4 Å². The fraction of sp³-hybridized carbons (Fsp3) is 0.0556. The summed E-state index contributed by atoms with van der Waals surface area (Å²) in [5.41, 5.74) is 0.846. The van der Waals surface area contributed by atoms with Crippen molar-refractivity contribution in [1.82, 2.24) is 10.3 Å². The van der Waals surface area contributed by atoms with E-state index >= 15 is 0 Å². The van der Waals surface area contributed by atoms with E-state index < -0.39 is 18.4 Å². The summed E-state index contributed by atoms with van der Waals surface area (Å²) >= 11 is 0. The molecule has 0 bridgehead atoms. The number of anilines is 2. The molecule has 0 spiro atoms. The van der Waals surface area contributed by atoms with Crippen LogP contribution in [0.1, 0.15) is 10.5 Å². The number of fused-ring (bicyclic) bond motifs is 1. The van der Waals surface area contributed by atoms with E-state index in [-0.39, 0.29) is 11.4 Å². The first kappa shape index (κ1) is 16.3. The van der Waals surface area contributed by atoms with Crippen molar-refractivity contribution in [3.05, 3.63) is 60.4 Å². The van der Waals surface area contributed by atoms with Gasteiger partial charge in [0.25, 0.3) is 5.91 Å². The van der Waals surface area contributed by atoms with Gasteiger partial charge in [-0.3, -0.25) is 9.59 Å². The summed E-state index contributed by atoms with van der Waals surface area (Å²) in [5, 5.41) is 25.6. The number of aromatic nitrogens is 1. The molecule has 126 valence electrons. The molecule has 7 nitrogen and oxygen atoms in total. The van der Waals surface area contributed by atoms with Gasteiger partial charge < -0.3 is 20.8 Å². The summed E-state index contributed by atoms with van der Waals surface area (Å²) in [4.78, 5) is 27.2. The number of carbonyl (C=O) groups excluding carboxylic acids is 1. The molecule has 0 aliphatic rings. The van der Waals surface area contributed by atoms with Crippen molar-refractivity contribution < 1.29 is 19.8 Å². The second-order valence-electron chi connectivity index (χ2n) is 5.29. The zero-order chi connectivity index (χ0) is 17.8. The van der Waals surface area contributed by atoms with Crippen LogP contribution in [0.4, 0.5) is 11.4 Å². The van der Waals surface area contributed by atoms with E-state index in [1.807, 2.05) is 24.3 Å². The Balaban J connectivity index is 2.09. The van der Waals surface area contributed by atoms with Crippen LogP contribution >= 0.6 is 0 Å². The highest BCUT2D eigenvalue weighted by Gasteiger charge is 2.18. The maximum Gasteiger partial charge on any atom is 0.322 e. The number of phenols is 1.